The Morgan fingerprint density at radius 2 is 2.27 bits per heavy atom. The van der Waals surface area contributed by atoms with Crippen LogP contribution >= 0.6 is 15.9 Å². The van der Waals surface area contributed by atoms with Crippen LogP contribution < -0.4 is 16.0 Å². The van der Waals surface area contributed by atoms with Gasteiger partial charge < -0.3 is 20.4 Å². The van der Waals surface area contributed by atoms with Crippen LogP contribution in [0.15, 0.2) is 45.5 Å². The summed E-state index contributed by atoms with van der Waals surface area (Å²) in [6.07, 6.45) is 2.38. The predicted octanol–water partition coefficient (Wildman–Crippen LogP) is 2.51. The molecule has 1 saturated heterocycles. The molecule has 5 nitrogen and oxygen atoms in total. The molecule has 0 aliphatic carbocycles. The minimum absolute atomic E-state index is 0.109. The van der Waals surface area contributed by atoms with Crippen LogP contribution in [0.3, 0.4) is 0 Å². The van der Waals surface area contributed by atoms with Crippen LogP contribution in [0.2, 0.25) is 0 Å². The lowest BCUT2D eigenvalue weighted by Gasteiger charge is -2.20. The second-order valence-corrected chi connectivity index (χ2v) is 6.22. The van der Waals surface area contributed by atoms with E-state index in [4.69, 9.17) is 10.2 Å². The summed E-state index contributed by atoms with van der Waals surface area (Å²) < 4.78 is 6.28. The number of anilines is 1. The van der Waals surface area contributed by atoms with Crippen molar-refractivity contribution in [1.82, 2.24) is 5.32 Å². The Bertz CT molecular complexity index is 671. The number of nitrogens with zero attached hydrogens (tertiary/aromatic N) is 1. The normalized spacial score (nSPS) is 17.7. The number of carbonyl (C=O) groups is 1. The van der Waals surface area contributed by atoms with Gasteiger partial charge in [0.05, 0.1) is 17.8 Å². The van der Waals surface area contributed by atoms with Gasteiger partial charge in [0.25, 0.3) is 5.91 Å². The highest BCUT2D eigenvalue weighted by Crippen LogP contribution is 2.28. The lowest BCUT2D eigenvalue weighted by atomic mass is 10.2. The summed E-state index contributed by atoms with van der Waals surface area (Å²) in [7, 11) is 0. The van der Waals surface area contributed by atoms with E-state index in [0.29, 0.717) is 17.9 Å². The molecule has 6 heteroatoms. The number of halogens is 1. The topological polar surface area (TPSA) is 71.5 Å². The van der Waals surface area contributed by atoms with Crippen molar-refractivity contribution in [2.45, 2.75) is 19.0 Å². The average Bonchev–Trinajstić information content (AvgIpc) is 3.16. The second kappa shape index (κ2) is 6.54. The van der Waals surface area contributed by atoms with Gasteiger partial charge in [0.2, 0.25) is 0 Å². The number of nitrogens with one attached hydrogen (secondary N) is 1. The Morgan fingerprint density at radius 3 is 3.00 bits per heavy atom. The molecular formula is C16H18BrN3O2. The maximum atomic E-state index is 12.2. The Kier molecular flexibility index (Phi) is 4.49. The maximum absolute atomic E-state index is 12.2. The number of hydrogen-bond acceptors (Lipinski definition) is 4. The highest BCUT2D eigenvalue weighted by molar-refractivity contribution is 9.10. The Labute approximate surface area is 137 Å². The van der Waals surface area contributed by atoms with Crippen molar-refractivity contribution in [2.75, 3.05) is 18.0 Å². The second-order valence-electron chi connectivity index (χ2n) is 5.36. The van der Waals surface area contributed by atoms with Gasteiger partial charge in [-0.1, -0.05) is 12.1 Å². The first-order chi connectivity index (χ1) is 10.7. The van der Waals surface area contributed by atoms with E-state index in [1.54, 1.807) is 6.07 Å². The molecule has 1 aromatic carbocycles. The lowest BCUT2D eigenvalue weighted by Crippen LogP contribution is -2.37. The summed E-state index contributed by atoms with van der Waals surface area (Å²) >= 11 is 3.57. The molecule has 116 valence electrons. The minimum atomic E-state index is -0.109. The number of benzene rings is 1. The van der Waals surface area contributed by atoms with Crippen molar-refractivity contribution >= 4 is 27.5 Å². The van der Waals surface area contributed by atoms with Crippen molar-refractivity contribution in [3.8, 4) is 0 Å². The number of hydrogen-bond donors (Lipinski definition) is 2. The lowest BCUT2D eigenvalue weighted by molar-refractivity contribution is 0.0940. The summed E-state index contributed by atoms with van der Waals surface area (Å²) in [5.41, 5.74) is 7.17. The number of para-hydroxylation sites is 1. The smallest absolute Gasteiger partial charge is 0.254 e. The fraction of sp³-hybridized carbons (Fsp3) is 0.312. The zero-order valence-corrected chi connectivity index (χ0v) is 13.7. The zero-order valence-electron chi connectivity index (χ0n) is 12.1. The van der Waals surface area contributed by atoms with E-state index in [2.05, 4.69) is 32.2 Å². The summed E-state index contributed by atoms with van der Waals surface area (Å²) in [6.45, 7) is 2.02. The van der Waals surface area contributed by atoms with E-state index in [1.165, 1.54) is 6.26 Å². The van der Waals surface area contributed by atoms with Gasteiger partial charge in [0.15, 0.2) is 0 Å². The molecule has 0 spiro atoms. The van der Waals surface area contributed by atoms with Gasteiger partial charge in [-0.15, -0.1) is 0 Å². The maximum Gasteiger partial charge on any atom is 0.254 e. The monoisotopic (exact) mass is 363 g/mol. The molecule has 1 unspecified atom stereocenters. The van der Waals surface area contributed by atoms with Gasteiger partial charge in [-0.3, -0.25) is 4.79 Å². The van der Waals surface area contributed by atoms with Gasteiger partial charge in [0.1, 0.15) is 12.0 Å². The predicted molar refractivity (Wildman–Crippen MR) is 88.8 cm³/mol. The minimum Gasteiger partial charge on any atom is -0.467 e. The Hall–Kier alpha value is -1.79. The summed E-state index contributed by atoms with van der Waals surface area (Å²) in [6, 6.07) is 9.95. The third-order valence-electron chi connectivity index (χ3n) is 3.83. The van der Waals surface area contributed by atoms with Crippen molar-refractivity contribution in [3.05, 3.63) is 52.4 Å². The average molecular weight is 364 g/mol. The first-order valence-electron chi connectivity index (χ1n) is 7.25. The quantitative estimate of drug-likeness (QED) is 0.875. The summed E-state index contributed by atoms with van der Waals surface area (Å²) in [5, 5.41) is 3.06. The van der Waals surface area contributed by atoms with Gasteiger partial charge in [-0.05, 0) is 40.5 Å². The van der Waals surface area contributed by atoms with Crippen LogP contribution in [0.25, 0.3) is 0 Å². The van der Waals surface area contributed by atoms with Crippen molar-refractivity contribution in [2.24, 2.45) is 5.73 Å². The highest BCUT2D eigenvalue weighted by Gasteiger charge is 2.25. The van der Waals surface area contributed by atoms with E-state index in [9.17, 15) is 4.79 Å². The van der Waals surface area contributed by atoms with Crippen LogP contribution in [-0.4, -0.2) is 25.0 Å². The van der Waals surface area contributed by atoms with Crippen LogP contribution in [-0.2, 0) is 6.54 Å². The van der Waals surface area contributed by atoms with Crippen molar-refractivity contribution in [1.29, 1.82) is 0 Å². The van der Waals surface area contributed by atoms with E-state index < -0.39 is 0 Å². The SMILES string of the molecule is NCc1cc(C(=O)NC2CCN(c3ccccc3Br)C2)co1. The van der Waals surface area contributed by atoms with Crippen molar-refractivity contribution in [3.63, 3.8) is 0 Å². The molecule has 2 heterocycles. The Balaban J connectivity index is 1.61. The number of carbonyl (C=O) groups excluding carboxylic acids is 1. The fourth-order valence-corrected chi connectivity index (χ4v) is 3.22. The van der Waals surface area contributed by atoms with E-state index >= 15 is 0 Å². The molecule has 3 N–H and O–H groups in total. The first-order valence-corrected chi connectivity index (χ1v) is 8.04. The third kappa shape index (κ3) is 3.18. The molecule has 2 aromatic rings. The zero-order chi connectivity index (χ0) is 15.5. The molecule has 1 fully saturated rings. The number of furan rings is 1. The van der Waals surface area contributed by atoms with E-state index in [0.717, 1.165) is 29.7 Å². The molecule has 3 rings (SSSR count). The molecule has 1 aliphatic heterocycles. The number of nitrogens with two attached hydrogens (primary N) is 1. The van der Waals surface area contributed by atoms with Crippen molar-refractivity contribution < 1.29 is 9.21 Å². The molecule has 1 aromatic heterocycles. The fourth-order valence-electron chi connectivity index (χ4n) is 2.68. The van der Waals surface area contributed by atoms with Crippen LogP contribution in [0.1, 0.15) is 22.5 Å². The molecule has 22 heavy (non-hydrogen) atoms. The standard InChI is InChI=1S/C16H18BrN3O2/c17-14-3-1-2-4-15(14)20-6-5-12(9-20)19-16(21)11-7-13(8-18)22-10-11/h1-4,7,10,12H,5-6,8-9,18H2,(H,19,21). The summed E-state index contributed by atoms with van der Waals surface area (Å²) in [5.74, 6) is 0.508. The molecule has 1 aliphatic rings. The highest BCUT2D eigenvalue weighted by atomic mass is 79.9. The van der Waals surface area contributed by atoms with E-state index in [-0.39, 0.29) is 11.9 Å². The third-order valence-corrected chi connectivity index (χ3v) is 4.50. The van der Waals surface area contributed by atoms with Gasteiger partial charge in [-0.2, -0.15) is 0 Å². The van der Waals surface area contributed by atoms with Crippen LogP contribution in [0, 0.1) is 0 Å². The molecule has 0 bridgehead atoms. The van der Waals surface area contributed by atoms with Crippen LogP contribution in [0.4, 0.5) is 5.69 Å². The Morgan fingerprint density at radius 1 is 1.45 bits per heavy atom. The first kappa shape index (κ1) is 15.1. The van der Waals surface area contributed by atoms with Gasteiger partial charge in [-0.25, -0.2) is 0 Å². The van der Waals surface area contributed by atoms with Gasteiger partial charge in [0, 0.05) is 23.6 Å². The van der Waals surface area contributed by atoms with Gasteiger partial charge >= 0.3 is 0 Å². The molecule has 0 radical (unpaired) electrons. The number of rotatable bonds is 4. The largest absolute Gasteiger partial charge is 0.467 e. The van der Waals surface area contributed by atoms with E-state index in [1.807, 2.05) is 18.2 Å². The molecular weight excluding hydrogens is 346 g/mol. The molecule has 1 atom stereocenters. The van der Waals surface area contributed by atoms with Crippen LogP contribution in [0.5, 0.6) is 0 Å². The number of amides is 1. The summed E-state index contributed by atoms with van der Waals surface area (Å²) in [4.78, 5) is 14.5. The molecule has 1 amide bonds. The molecule has 0 saturated carbocycles.